The van der Waals surface area contributed by atoms with E-state index in [0.29, 0.717) is 19.3 Å². The molecular formula is C20H40N10O5. The van der Waals surface area contributed by atoms with Gasteiger partial charge < -0.3 is 49.7 Å². The third-order valence-electron chi connectivity index (χ3n) is 4.68. The van der Waals surface area contributed by atoms with E-state index in [2.05, 4.69) is 25.9 Å². The summed E-state index contributed by atoms with van der Waals surface area (Å²) >= 11 is 0. The molecule has 0 fully saturated rings. The topological polar surface area (TPSA) is 279 Å². The fourth-order valence-corrected chi connectivity index (χ4v) is 3.03. The molecule has 200 valence electrons. The number of nitrogens with zero attached hydrogens (tertiary/aromatic N) is 2. The number of hydrogen-bond donors (Lipinski definition) is 9. The van der Waals surface area contributed by atoms with Crippen molar-refractivity contribution in [1.29, 1.82) is 0 Å². The lowest BCUT2D eigenvalue weighted by Gasteiger charge is -2.25. The van der Waals surface area contributed by atoms with E-state index in [-0.39, 0.29) is 50.3 Å². The molecule has 0 bridgehead atoms. The molecule has 14 N–H and O–H groups in total. The molecule has 0 aliphatic rings. The van der Waals surface area contributed by atoms with Crippen LogP contribution >= 0.6 is 0 Å². The van der Waals surface area contributed by atoms with Crippen molar-refractivity contribution in [1.82, 2.24) is 16.0 Å². The number of rotatable bonds is 17. The SMILES string of the molecule is CC(C)CC(NC(=O)CN)C(=O)NC(CCCN=C(N)N)C(=O)NC(CCCN=C(N)N)C(=O)O. The molecule has 0 aromatic rings. The summed E-state index contributed by atoms with van der Waals surface area (Å²) < 4.78 is 0. The Morgan fingerprint density at radius 3 is 1.66 bits per heavy atom. The van der Waals surface area contributed by atoms with Gasteiger partial charge in [-0.2, -0.15) is 0 Å². The van der Waals surface area contributed by atoms with Crippen molar-refractivity contribution in [2.24, 2.45) is 44.6 Å². The Morgan fingerprint density at radius 1 is 0.771 bits per heavy atom. The van der Waals surface area contributed by atoms with Crippen LogP contribution in [0.5, 0.6) is 0 Å². The van der Waals surface area contributed by atoms with Gasteiger partial charge in [0.2, 0.25) is 17.7 Å². The van der Waals surface area contributed by atoms with Gasteiger partial charge in [-0.1, -0.05) is 13.8 Å². The monoisotopic (exact) mass is 500 g/mol. The molecule has 15 heteroatoms. The molecule has 0 aromatic carbocycles. The first-order valence-corrected chi connectivity index (χ1v) is 11.3. The van der Waals surface area contributed by atoms with Crippen LogP contribution in [0.2, 0.25) is 0 Å². The van der Waals surface area contributed by atoms with Crippen molar-refractivity contribution in [3.8, 4) is 0 Å². The van der Waals surface area contributed by atoms with E-state index in [0.717, 1.165) is 0 Å². The fraction of sp³-hybridized carbons (Fsp3) is 0.700. The fourth-order valence-electron chi connectivity index (χ4n) is 3.03. The first-order chi connectivity index (χ1) is 16.4. The Bertz CT molecular complexity index is 763. The third kappa shape index (κ3) is 15.0. The minimum absolute atomic E-state index is 0.0552. The predicted molar refractivity (Wildman–Crippen MR) is 132 cm³/mol. The van der Waals surface area contributed by atoms with E-state index in [1.807, 2.05) is 13.8 Å². The number of aliphatic carboxylic acids is 1. The van der Waals surface area contributed by atoms with Crippen molar-refractivity contribution < 1.29 is 24.3 Å². The molecule has 0 saturated carbocycles. The number of nitrogens with two attached hydrogens (primary N) is 5. The standard InChI is InChI=1S/C20H40N10O5/c1-11(2)9-14(28-15(31)10-21)17(33)29-12(5-3-7-26-19(22)23)16(32)30-13(18(34)35)6-4-8-27-20(24)25/h11-14H,3-10,21H2,1-2H3,(H,28,31)(H,29,33)(H,30,32)(H,34,35)(H4,22,23,26)(H4,24,25,27). The summed E-state index contributed by atoms with van der Waals surface area (Å²) in [4.78, 5) is 56.9. The van der Waals surface area contributed by atoms with Crippen molar-refractivity contribution in [2.45, 2.75) is 64.1 Å². The summed E-state index contributed by atoms with van der Waals surface area (Å²) in [5.74, 6) is -3.26. The molecular weight excluding hydrogens is 460 g/mol. The number of carbonyl (C=O) groups excluding carboxylic acids is 3. The van der Waals surface area contributed by atoms with Gasteiger partial charge in [-0.05, 0) is 38.0 Å². The first kappa shape index (κ1) is 31.4. The molecule has 3 amide bonds. The highest BCUT2D eigenvalue weighted by atomic mass is 16.4. The molecule has 0 rings (SSSR count). The molecule has 0 saturated heterocycles. The zero-order valence-corrected chi connectivity index (χ0v) is 20.3. The maximum absolute atomic E-state index is 12.9. The molecule has 15 nitrogen and oxygen atoms in total. The number of amides is 3. The second kappa shape index (κ2) is 16.9. The van der Waals surface area contributed by atoms with E-state index >= 15 is 0 Å². The Morgan fingerprint density at radius 2 is 1.23 bits per heavy atom. The van der Waals surface area contributed by atoms with Crippen LogP contribution in [-0.4, -0.2) is 78.5 Å². The number of carbonyl (C=O) groups is 4. The summed E-state index contributed by atoms with van der Waals surface area (Å²) in [6, 6.07) is -3.24. The smallest absolute Gasteiger partial charge is 0.326 e. The van der Waals surface area contributed by atoms with Gasteiger partial charge in [0.15, 0.2) is 11.9 Å². The predicted octanol–water partition coefficient (Wildman–Crippen LogP) is -3.36. The van der Waals surface area contributed by atoms with E-state index in [1.54, 1.807) is 0 Å². The number of carboxylic acid groups (broad SMARTS) is 1. The van der Waals surface area contributed by atoms with Crippen LogP contribution in [0.15, 0.2) is 9.98 Å². The van der Waals surface area contributed by atoms with Crippen LogP contribution in [0.25, 0.3) is 0 Å². The van der Waals surface area contributed by atoms with Crippen LogP contribution in [0.4, 0.5) is 0 Å². The van der Waals surface area contributed by atoms with Gasteiger partial charge >= 0.3 is 5.97 Å². The van der Waals surface area contributed by atoms with Gasteiger partial charge in [0.05, 0.1) is 6.54 Å². The van der Waals surface area contributed by atoms with Crippen molar-refractivity contribution in [3.63, 3.8) is 0 Å². The summed E-state index contributed by atoms with van der Waals surface area (Å²) in [5, 5.41) is 17.1. The molecule has 0 aliphatic carbocycles. The molecule has 0 aromatic heterocycles. The second-order valence-electron chi connectivity index (χ2n) is 8.31. The first-order valence-electron chi connectivity index (χ1n) is 11.3. The van der Waals surface area contributed by atoms with E-state index in [4.69, 9.17) is 28.7 Å². The highest BCUT2D eigenvalue weighted by molar-refractivity contribution is 5.93. The maximum atomic E-state index is 12.9. The lowest BCUT2D eigenvalue weighted by molar-refractivity contribution is -0.142. The molecule has 3 atom stereocenters. The normalized spacial score (nSPS) is 13.1. The molecule has 35 heavy (non-hydrogen) atoms. The number of carboxylic acids is 1. The average Bonchev–Trinajstić information content (AvgIpc) is 2.76. The second-order valence-corrected chi connectivity index (χ2v) is 8.31. The van der Waals surface area contributed by atoms with Gasteiger partial charge in [-0.3, -0.25) is 24.4 Å². The largest absolute Gasteiger partial charge is 0.480 e. The van der Waals surface area contributed by atoms with E-state index < -0.39 is 41.8 Å². The van der Waals surface area contributed by atoms with Crippen molar-refractivity contribution in [2.75, 3.05) is 19.6 Å². The highest BCUT2D eigenvalue weighted by Gasteiger charge is 2.29. The quantitative estimate of drug-likeness (QED) is 0.0543. The Balaban J connectivity index is 5.47. The van der Waals surface area contributed by atoms with Crippen LogP contribution in [-0.2, 0) is 19.2 Å². The lowest BCUT2D eigenvalue weighted by atomic mass is 10.0. The minimum atomic E-state index is -1.25. The molecule has 0 spiro atoms. The zero-order valence-electron chi connectivity index (χ0n) is 20.3. The van der Waals surface area contributed by atoms with Gasteiger partial charge in [-0.15, -0.1) is 0 Å². The summed E-state index contributed by atoms with van der Waals surface area (Å²) in [7, 11) is 0. The van der Waals surface area contributed by atoms with Gasteiger partial charge in [-0.25, -0.2) is 4.79 Å². The Kier molecular flexibility index (Phi) is 15.2. The summed E-state index contributed by atoms with van der Waals surface area (Å²) in [6.45, 7) is 3.83. The number of nitrogens with one attached hydrogen (secondary N) is 3. The van der Waals surface area contributed by atoms with Gasteiger partial charge in [0.25, 0.3) is 0 Å². The number of hydrogen-bond acceptors (Lipinski definition) is 7. The Labute approximate surface area is 204 Å². The number of guanidine groups is 2. The Hall–Kier alpha value is -3.62. The third-order valence-corrected chi connectivity index (χ3v) is 4.68. The number of aliphatic imine (C=N–C) groups is 2. The summed E-state index contributed by atoms with van der Waals surface area (Å²) in [5.41, 5.74) is 26.5. The van der Waals surface area contributed by atoms with Crippen LogP contribution in [0.1, 0.15) is 46.0 Å². The van der Waals surface area contributed by atoms with Crippen molar-refractivity contribution in [3.05, 3.63) is 0 Å². The lowest BCUT2D eigenvalue weighted by Crippen LogP contribution is -2.56. The molecule has 3 unspecified atom stereocenters. The van der Waals surface area contributed by atoms with Gasteiger partial charge in [0.1, 0.15) is 18.1 Å². The van der Waals surface area contributed by atoms with Crippen LogP contribution < -0.4 is 44.6 Å². The van der Waals surface area contributed by atoms with Crippen LogP contribution in [0.3, 0.4) is 0 Å². The molecule has 0 radical (unpaired) electrons. The van der Waals surface area contributed by atoms with Crippen molar-refractivity contribution >= 4 is 35.6 Å². The molecule has 0 heterocycles. The summed E-state index contributed by atoms with van der Waals surface area (Å²) in [6.07, 6.45) is 1.12. The molecule has 0 aliphatic heterocycles. The van der Waals surface area contributed by atoms with E-state index in [1.165, 1.54) is 0 Å². The van der Waals surface area contributed by atoms with Gasteiger partial charge in [0, 0.05) is 13.1 Å². The maximum Gasteiger partial charge on any atom is 0.326 e. The van der Waals surface area contributed by atoms with E-state index in [9.17, 15) is 24.3 Å². The zero-order chi connectivity index (χ0) is 27.0. The highest BCUT2D eigenvalue weighted by Crippen LogP contribution is 2.08. The van der Waals surface area contributed by atoms with Crippen LogP contribution in [0, 0.1) is 5.92 Å². The average molecular weight is 501 g/mol. The minimum Gasteiger partial charge on any atom is -0.480 e.